The Balaban J connectivity index is 1.40. The van der Waals surface area contributed by atoms with Crippen molar-refractivity contribution in [2.45, 2.75) is 25.8 Å². The zero-order chi connectivity index (χ0) is 15.9. The topological polar surface area (TPSA) is 71.3 Å². The molecule has 1 amide bonds. The lowest BCUT2D eigenvalue weighted by Gasteiger charge is -2.32. The van der Waals surface area contributed by atoms with Gasteiger partial charge in [0.1, 0.15) is 17.8 Å². The Morgan fingerprint density at radius 3 is 3.17 bits per heavy atom. The first-order valence-corrected chi connectivity index (χ1v) is 8.10. The molecular weight excluding hydrogens is 292 g/mol. The molecular formula is C17H22N4O2. The number of likely N-dealkylation sites (tertiary alicyclic amines) is 1. The number of nitrogens with zero attached hydrogens (tertiary/aromatic N) is 3. The van der Waals surface area contributed by atoms with Crippen LogP contribution in [0.15, 0.2) is 41.4 Å². The molecule has 2 aromatic heterocycles. The molecule has 0 bridgehead atoms. The van der Waals surface area contributed by atoms with Gasteiger partial charge in [-0.05, 0) is 49.9 Å². The molecule has 6 nitrogen and oxygen atoms in total. The largest absolute Gasteiger partial charge is 0.468 e. The van der Waals surface area contributed by atoms with Crippen molar-refractivity contribution < 1.29 is 9.21 Å². The first-order chi connectivity index (χ1) is 11.3. The lowest BCUT2D eigenvalue weighted by molar-refractivity contribution is 0.0940. The first-order valence-electron chi connectivity index (χ1n) is 8.10. The van der Waals surface area contributed by atoms with E-state index in [9.17, 15) is 4.79 Å². The second kappa shape index (κ2) is 7.87. The van der Waals surface area contributed by atoms with Gasteiger partial charge >= 0.3 is 0 Å². The Labute approximate surface area is 135 Å². The van der Waals surface area contributed by atoms with Crippen LogP contribution in [0, 0.1) is 5.92 Å². The normalized spacial score (nSPS) is 18.7. The average molecular weight is 314 g/mol. The molecule has 1 saturated heterocycles. The zero-order valence-corrected chi connectivity index (χ0v) is 13.1. The van der Waals surface area contributed by atoms with Gasteiger partial charge in [-0.3, -0.25) is 9.69 Å². The van der Waals surface area contributed by atoms with Gasteiger partial charge in [0.05, 0.1) is 12.8 Å². The quantitative estimate of drug-likeness (QED) is 0.884. The van der Waals surface area contributed by atoms with Gasteiger partial charge in [-0.25, -0.2) is 9.97 Å². The Kier molecular flexibility index (Phi) is 5.37. The number of piperidine rings is 1. The Morgan fingerprint density at radius 2 is 2.39 bits per heavy atom. The third kappa shape index (κ3) is 4.63. The summed E-state index contributed by atoms with van der Waals surface area (Å²) in [4.78, 5) is 22.1. The van der Waals surface area contributed by atoms with Crippen LogP contribution in [-0.2, 0) is 6.54 Å². The van der Waals surface area contributed by atoms with Gasteiger partial charge in [-0.15, -0.1) is 0 Å². The summed E-state index contributed by atoms with van der Waals surface area (Å²) >= 11 is 0. The fourth-order valence-corrected chi connectivity index (χ4v) is 3.06. The molecule has 1 aliphatic rings. The Hall–Kier alpha value is -2.21. The molecule has 23 heavy (non-hydrogen) atoms. The smallest absolute Gasteiger partial charge is 0.270 e. The van der Waals surface area contributed by atoms with Crippen molar-refractivity contribution >= 4 is 5.91 Å². The number of nitrogens with one attached hydrogen (secondary N) is 1. The molecule has 0 saturated carbocycles. The first kappa shape index (κ1) is 15.7. The number of carbonyl (C=O) groups excluding carboxylic acids is 1. The van der Waals surface area contributed by atoms with Crippen LogP contribution in [0.25, 0.3) is 0 Å². The molecule has 3 rings (SSSR count). The van der Waals surface area contributed by atoms with Crippen LogP contribution in [0.5, 0.6) is 0 Å². The van der Waals surface area contributed by atoms with Crippen LogP contribution >= 0.6 is 0 Å². The number of hydrogen-bond acceptors (Lipinski definition) is 5. The number of rotatable bonds is 6. The molecule has 1 atom stereocenters. The van der Waals surface area contributed by atoms with E-state index in [4.69, 9.17) is 4.42 Å². The SMILES string of the molecule is O=C(NCC[C@@H]1CCCN(Cc2ccco2)C1)c1ccncn1. The third-order valence-corrected chi connectivity index (χ3v) is 4.22. The van der Waals surface area contributed by atoms with E-state index in [1.165, 1.54) is 19.2 Å². The van der Waals surface area contributed by atoms with E-state index >= 15 is 0 Å². The Bertz CT molecular complexity index is 600. The van der Waals surface area contributed by atoms with Crippen molar-refractivity contribution in [2.24, 2.45) is 5.92 Å². The summed E-state index contributed by atoms with van der Waals surface area (Å²) in [7, 11) is 0. The van der Waals surface area contributed by atoms with Gasteiger partial charge in [-0.2, -0.15) is 0 Å². The lowest BCUT2D eigenvalue weighted by Crippen LogP contribution is -2.36. The predicted molar refractivity (Wildman–Crippen MR) is 85.7 cm³/mol. The second-order valence-electron chi connectivity index (χ2n) is 5.96. The van der Waals surface area contributed by atoms with Crippen LogP contribution in [0.1, 0.15) is 35.5 Å². The van der Waals surface area contributed by atoms with Crippen LogP contribution < -0.4 is 5.32 Å². The average Bonchev–Trinajstić information content (AvgIpc) is 3.09. The monoisotopic (exact) mass is 314 g/mol. The molecule has 1 fully saturated rings. The highest BCUT2D eigenvalue weighted by Crippen LogP contribution is 2.21. The predicted octanol–water partition coefficient (Wildman–Crippen LogP) is 2.10. The molecule has 0 spiro atoms. The summed E-state index contributed by atoms with van der Waals surface area (Å²) in [5.74, 6) is 1.50. The standard InChI is InChI=1S/C17H22N4O2/c22-17(16-6-7-18-13-20-16)19-8-5-14-3-1-9-21(11-14)12-15-4-2-10-23-15/h2,4,6-7,10,13-14H,1,3,5,8-9,11-12H2,(H,19,22)/t14-/m0/s1. The van der Waals surface area contributed by atoms with Crippen LogP contribution in [0.2, 0.25) is 0 Å². The van der Waals surface area contributed by atoms with Gasteiger partial charge in [0.2, 0.25) is 0 Å². The third-order valence-electron chi connectivity index (χ3n) is 4.22. The van der Waals surface area contributed by atoms with Gasteiger partial charge in [0, 0.05) is 19.3 Å². The summed E-state index contributed by atoms with van der Waals surface area (Å²) in [5.41, 5.74) is 0.420. The van der Waals surface area contributed by atoms with Crippen molar-refractivity contribution in [1.82, 2.24) is 20.2 Å². The number of carbonyl (C=O) groups is 1. The molecule has 6 heteroatoms. The van der Waals surface area contributed by atoms with Gasteiger partial charge in [0.25, 0.3) is 5.91 Å². The highest BCUT2D eigenvalue weighted by atomic mass is 16.3. The van der Waals surface area contributed by atoms with Gasteiger partial charge in [-0.1, -0.05) is 0 Å². The summed E-state index contributed by atoms with van der Waals surface area (Å²) in [6.45, 7) is 3.73. The molecule has 1 aliphatic heterocycles. The summed E-state index contributed by atoms with van der Waals surface area (Å²) < 4.78 is 5.42. The molecule has 2 aromatic rings. The minimum absolute atomic E-state index is 0.129. The maximum atomic E-state index is 11.9. The van der Waals surface area contributed by atoms with Crippen molar-refractivity contribution in [2.75, 3.05) is 19.6 Å². The molecule has 0 aliphatic carbocycles. The number of aromatic nitrogens is 2. The van der Waals surface area contributed by atoms with Crippen molar-refractivity contribution in [3.63, 3.8) is 0 Å². The van der Waals surface area contributed by atoms with E-state index in [0.29, 0.717) is 18.2 Å². The van der Waals surface area contributed by atoms with Crippen LogP contribution in [-0.4, -0.2) is 40.4 Å². The summed E-state index contributed by atoms with van der Waals surface area (Å²) in [6.07, 6.45) is 8.10. The Morgan fingerprint density at radius 1 is 1.43 bits per heavy atom. The van der Waals surface area contributed by atoms with E-state index < -0.39 is 0 Å². The lowest BCUT2D eigenvalue weighted by atomic mass is 9.94. The molecule has 1 N–H and O–H groups in total. The minimum Gasteiger partial charge on any atom is -0.468 e. The fraction of sp³-hybridized carbons (Fsp3) is 0.471. The van der Waals surface area contributed by atoms with E-state index in [-0.39, 0.29) is 5.91 Å². The van der Waals surface area contributed by atoms with E-state index in [1.54, 1.807) is 18.5 Å². The highest BCUT2D eigenvalue weighted by Gasteiger charge is 2.20. The highest BCUT2D eigenvalue weighted by molar-refractivity contribution is 5.91. The maximum absolute atomic E-state index is 11.9. The van der Waals surface area contributed by atoms with Gasteiger partial charge in [0.15, 0.2) is 0 Å². The van der Waals surface area contributed by atoms with Crippen molar-refractivity contribution in [3.05, 3.63) is 48.4 Å². The molecule has 3 heterocycles. The molecule has 122 valence electrons. The maximum Gasteiger partial charge on any atom is 0.270 e. The second-order valence-corrected chi connectivity index (χ2v) is 5.96. The fourth-order valence-electron chi connectivity index (χ4n) is 3.06. The van der Waals surface area contributed by atoms with Crippen LogP contribution in [0.3, 0.4) is 0 Å². The van der Waals surface area contributed by atoms with Crippen molar-refractivity contribution in [3.8, 4) is 0 Å². The minimum atomic E-state index is -0.129. The number of furan rings is 1. The van der Waals surface area contributed by atoms with E-state index in [2.05, 4.69) is 20.2 Å². The molecule has 0 radical (unpaired) electrons. The molecule has 0 aromatic carbocycles. The van der Waals surface area contributed by atoms with E-state index in [0.717, 1.165) is 31.8 Å². The number of hydrogen-bond donors (Lipinski definition) is 1. The van der Waals surface area contributed by atoms with E-state index in [1.807, 2.05) is 12.1 Å². The van der Waals surface area contributed by atoms with Crippen molar-refractivity contribution in [1.29, 1.82) is 0 Å². The zero-order valence-electron chi connectivity index (χ0n) is 13.1. The summed E-state index contributed by atoms with van der Waals surface area (Å²) in [6, 6.07) is 5.58. The van der Waals surface area contributed by atoms with Crippen LogP contribution in [0.4, 0.5) is 0 Å². The number of amides is 1. The van der Waals surface area contributed by atoms with Gasteiger partial charge < -0.3 is 9.73 Å². The molecule has 0 unspecified atom stereocenters. The summed E-state index contributed by atoms with van der Waals surface area (Å²) in [5, 5.41) is 2.94.